The highest BCUT2D eigenvalue weighted by atomic mass is 16.5. The number of methoxy groups -OCH3 is 1. The number of likely N-dealkylation sites (N-methyl/N-ethyl adjacent to an activating group) is 1. The van der Waals surface area contributed by atoms with Crippen molar-refractivity contribution >= 4 is 11.9 Å². The minimum atomic E-state index is -0.991. The summed E-state index contributed by atoms with van der Waals surface area (Å²) in [5.41, 5.74) is 0. The first-order valence-corrected chi connectivity index (χ1v) is 4.02. The molecule has 0 radical (unpaired) electrons. The van der Waals surface area contributed by atoms with Crippen LogP contribution in [0.4, 0.5) is 0 Å². The van der Waals surface area contributed by atoms with E-state index in [4.69, 9.17) is 5.11 Å². The van der Waals surface area contributed by atoms with Crippen molar-refractivity contribution in [3.05, 3.63) is 0 Å². The average Bonchev–Trinajstić information content (AvgIpc) is 2.05. The lowest BCUT2D eigenvalue weighted by atomic mass is 10.2. The molecule has 1 N–H and O–H groups in total. The van der Waals surface area contributed by atoms with Gasteiger partial charge in [0, 0.05) is 14.2 Å². The minimum absolute atomic E-state index is 0.0831. The molecule has 0 aliphatic heterocycles. The third-order valence-electron chi connectivity index (χ3n) is 1.80. The van der Waals surface area contributed by atoms with E-state index in [-0.39, 0.29) is 12.5 Å². The lowest BCUT2D eigenvalue weighted by Gasteiger charge is -2.23. The Hall–Kier alpha value is -1.10. The highest BCUT2D eigenvalue weighted by Gasteiger charge is 2.23. The van der Waals surface area contributed by atoms with Gasteiger partial charge in [0.25, 0.3) is 0 Å². The third kappa shape index (κ3) is 3.42. The zero-order chi connectivity index (χ0) is 10.4. The summed E-state index contributed by atoms with van der Waals surface area (Å²) in [6, 6.07) is -0.761. The largest absolute Gasteiger partial charge is 0.480 e. The van der Waals surface area contributed by atoms with Gasteiger partial charge in [-0.15, -0.1) is 0 Å². The maximum atomic E-state index is 11.2. The second-order valence-corrected chi connectivity index (χ2v) is 2.70. The molecule has 0 aromatic carbocycles. The van der Waals surface area contributed by atoms with Gasteiger partial charge in [-0.05, 0) is 6.42 Å². The topological polar surface area (TPSA) is 66.8 Å². The molecule has 1 unspecified atom stereocenters. The molecule has 0 aliphatic rings. The summed E-state index contributed by atoms with van der Waals surface area (Å²) in [4.78, 5) is 23.0. The van der Waals surface area contributed by atoms with E-state index < -0.39 is 12.0 Å². The minimum Gasteiger partial charge on any atom is -0.480 e. The smallest absolute Gasteiger partial charge is 0.326 e. The van der Waals surface area contributed by atoms with Gasteiger partial charge in [0.2, 0.25) is 5.91 Å². The number of hydrogen-bond donors (Lipinski definition) is 1. The van der Waals surface area contributed by atoms with E-state index in [9.17, 15) is 9.59 Å². The fourth-order valence-corrected chi connectivity index (χ4v) is 1.01. The number of amides is 1. The highest BCUT2D eigenvalue weighted by Crippen LogP contribution is 2.02. The van der Waals surface area contributed by atoms with Gasteiger partial charge in [-0.1, -0.05) is 6.92 Å². The van der Waals surface area contributed by atoms with Crippen LogP contribution in [-0.4, -0.2) is 48.7 Å². The molecule has 0 heterocycles. The summed E-state index contributed by atoms with van der Waals surface area (Å²) in [5, 5.41) is 8.73. The van der Waals surface area contributed by atoms with Crippen LogP contribution in [0.1, 0.15) is 13.3 Å². The predicted octanol–water partition coefficient (Wildman–Crippen LogP) is -0.0456. The zero-order valence-electron chi connectivity index (χ0n) is 8.11. The molecule has 0 aromatic heterocycles. The Balaban J connectivity index is 4.27. The van der Waals surface area contributed by atoms with Crippen molar-refractivity contribution in [3.8, 4) is 0 Å². The van der Waals surface area contributed by atoms with E-state index in [0.29, 0.717) is 6.42 Å². The van der Waals surface area contributed by atoms with Gasteiger partial charge in [0.1, 0.15) is 12.6 Å². The molecule has 0 saturated heterocycles. The van der Waals surface area contributed by atoms with E-state index in [1.807, 2.05) is 0 Å². The molecule has 0 aliphatic carbocycles. The first kappa shape index (κ1) is 11.9. The van der Waals surface area contributed by atoms with Gasteiger partial charge in [-0.2, -0.15) is 0 Å². The lowest BCUT2D eigenvalue weighted by Crippen LogP contribution is -2.43. The Kier molecular flexibility index (Phi) is 5.06. The molecular weight excluding hydrogens is 174 g/mol. The van der Waals surface area contributed by atoms with Gasteiger partial charge < -0.3 is 14.7 Å². The molecule has 5 heteroatoms. The van der Waals surface area contributed by atoms with Crippen molar-refractivity contribution in [2.75, 3.05) is 20.8 Å². The van der Waals surface area contributed by atoms with Crippen LogP contribution in [-0.2, 0) is 14.3 Å². The van der Waals surface area contributed by atoms with Crippen molar-refractivity contribution in [2.24, 2.45) is 0 Å². The van der Waals surface area contributed by atoms with E-state index >= 15 is 0 Å². The molecule has 0 fully saturated rings. The Bertz CT molecular complexity index is 193. The molecule has 0 rings (SSSR count). The van der Waals surface area contributed by atoms with Crippen LogP contribution < -0.4 is 0 Å². The third-order valence-corrected chi connectivity index (χ3v) is 1.80. The maximum absolute atomic E-state index is 11.2. The molecule has 76 valence electrons. The first-order valence-electron chi connectivity index (χ1n) is 4.02. The van der Waals surface area contributed by atoms with Crippen LogP contribution >= 0.6 is 0 Å². The summed E-state index contributed by atoms with van der Waals surface area (Å²) < 4.78 is 4.62. The van der Waals surface area contributed by atoms with Crippen LogP contribution in [0.15, 0.2) is 0 Å². The molecule has 0 saturated carbocycles. The highest BCUT2D eigenvalue weighted by molar-refractivity contribution is 5.84. The van der Waals surface area contributed by atoms with Crippen LogP contribution in [0.3, 0.4) is 0 Å². The van der Waals surface area contributed by atoms with Crippen molar-refractivity contribution in [2.45, 2.75) is 19.4 Å². The quantitative estimate of drug-likeness (QED) is 0.658. The number of carbonyl (C=O) groups is 2. The second-order valence-electron chi connectivity index (χ2n) is 2.70. The fourth-order valence-electron chi connectivity index (χ4n) is 1.01. The Morgan fingerprint density at radius 1 is 1.54 bits per heavy atom. The van der Waals surface area contributed by atoms with Gasteiger partial charge in [-0.3, -0.25) is 4.79 Å². The molecule has 0 spiro atoms. The molecule has 13 heavy (non-hydrogen) atoms. The summed E-state index contributed by atoms with van der Waals surface area (Å²) in [5.74, 6) is -1.31. The standard InChI is InChI=1S/C8H15NO4/c1-4-6(8(11)12)9(2)7(10)5-13-3/h6H,4-5H2,1-3H3,(H,11,12). The summed E-state index contributed by atoms with van der Waals surface area (Å²) in [7, 11) is 2.86. The number of ether oxygens (including phenoxy) is 1. The number of nitrogens with zero attached hydrogens (tertiary/aromatic N) is 1. The molecule has 1 amide bonds. The number of carbonyl (C=O) groups excluding carboxylic acids is 1. The molecule has 0 aromatic rings. The van der Waals surface area contributed by atoms with Crippen molar-refractivity contribution in [3.63, 3.8) is 0 Å². The summed E-state index contributed by atoms with van der Waals surface area (Å²) in [6.07, 6.45) is 0.390. The fraction of sp³-hybridized carbons (Fsp3) is 0.750. The summed E-state index contributed by atoms with van der Waals surface area (Å²) >= 11 is 0. The number of hydrogen-bond acceptors (Lipinski definition) is 3. The maximum Gasteiger partial charge on any atom is 0.326 e. The zero-order valence-corrected chi connectivity index (χ0v) is 8.11. The average molecular weight is 189 g/mol. The molecule has 5 nitrogen and oxygen atoms in total. The Morgan fingerprint density at radius 3 is 2.38 bits per heavy atom. The number of aliphatic carboxylic acids is 1. The van der Waals surface area contributed by atoms with Crippen LogP contribution in [0, 0.1) is 0 Å². The number of carboxylic acid groups (broad SMARTS) is 1. The van der Waals surface area contributed by atoms with Crippen molar-refractivity contribution in [1.29, 1.82) is 0 Å². The van der Waals surface area contributed by atoms with Crippen LogP contribution in [0.2, 0.25) is 0 Å². The normalized spacial score (nSPS) is 12.2. The van der Waals surface area contributed by atoms with E-state index in [1.165, 1.54) is 19.1 Å². The SMILES string of the molecule is CCC(C(=O)O)N(C)C(=O)COC. The van der Waals surface area contributed by atoms with Gasteiger partial charge >= 0.3 is 5.97 Å². The Labute approximate surface area is 77.3 Å². The lowest BCUT2D eigenvalue weighted by molar-refractivity contribution is -0.150. The van der Waals surface area contributed by atoms with E-state index in [0.717, 1.165) is 0 Å². The van der Waals surface area contributed by atoms with Gasteiger partial charge in [-0.25, -0.2) is 4.79 Å². The number of carboxylic acids is 1. The van der Waals surface area contributed by atoms with Crippen molar-refractivity contribution < 1.29 is 19.4 Å². The van der Waals surface area contributed by atoms with Gasteiger partial charge in [0.15, 0.2) is 0 Å². The van der Waals surface area contributed by atoms with E-state index in [2.05, 4.69) is 4.74 Å². The van der Waals surface area contributed by atoms with Crippen LogP contribution in [0.5, 0.6) is 0 Å². The summed E-state index contributed by atoms with van der Waals surface area (Å²) in [6.45, 7) is 1.63. The second kappa shape index (κ2) is 5.53. The molecule has 1 atom stereocenters. The Morgan fingerprint density at radius 2 is 2.08 bits per heavy atom. The molecule has 0 bridgehead atoms. The van der Waals surface area contributed by atoms with Gasteiger partial charge in [0.05, 0.1) is 0 Å². The van der Waals surface area contributed by atoms with Crippen LogP contribution in [0.25, 0.3) is 0 Å². The monoisotopic (exact) mass is 189 g/mol. The van der Waals surface area contributed by atoms with E-state index in [1.54, 1.807) is 6.92 Å². The molecular formula is C8H15NO4. The first-order chi connectivity index (χ1) is 6.04. The van der Waals surface area contributed by atoms with Crippen molar-refractivity contribution in [1.82, 2.24) is 4.90 Å². The predicted molar refractivity (Wildman–Crippen MR) is 46.4 cm³/mol. The number of rotatable bonds is 5.